The van der Waals surface area contributed by atoms with E-state index >= 15 is 4.39 Å². The molecule has 1 atom stereocenters. The molecule has 0 saturated heterocycles. The van der Waals surface area contributed by atoms with Gasteiger partial charge in [-0.2, -0.15) is 0 Å². The molecule has 0 aliphatic carbocycles. The Morgan fingerprint density at radius 3 is 2.37 bits per heavy atom. The zero-order valence-electron chi connectivity index (χ0n) is 22.9. The van der Waals surface area contributed by atoms with E-state index in [9.17, 15) is 14.3 Å². The minimum Gasteiger partial charge on any atom is -0.497 e. The van der Waals surface area contributed by atoms with Gasteiger partial charge >= 0.3 is 5.97 Å². The van der Waals surface area contributed by atoms with Gasteiger partial charge in [-0.3, -0.25) is 4.79 Å². The van der Waals surface area contributed by atoms with E-state index < -0.39 is 17.6 Å². The SMILES string of the molecule is CCCC(C)(C)Cc1cc(COc2cccc(C(CC)CC(=O)O)c2)c(F)cc1-c1cc(OC)ccc1F. The molecular formula is C32H38F2O4. The normalized spacial score (nSPS) is 12.3. The molecule has 0 fully saturated rings. The third-order valence-electron chi connectivity index (χ3n) is 6.97. The van der Waals surface area contributed by atoms with Gasteiger partial charge in [0.2, 0.25) is 0 Å². The van der Waals surface area contributed by atoms with Crippen LogP contribution in [0.25, 0.3) is 11.1 Å². The summed E-state index contributed by atoms with van der Waals surface area (Å²) in [4.78, 5) is 11.2. The minimum absolute atomic E-state index is 0.00686. The number of carbonyl (C=O) groups is 1. The first-order valence-corrected chi connectivity index (χ1v) is 13.2. The molecule has 204 valence electrons. The lowest BCUT2D eigenvalue weighted by Gasteiger charge is -2.26. The second-order valence-corrected chi connectivity index (χ2v) is 10.6. The summed E-state index contributed by atoms with van der Waals surface area (Å²) < 4.78 is 41.6. The number of hydrogen-bond acceptors (Lipinski definition) is 3. The molecule has 4 nitrogen and oxygen atoms in total. The Bertz CT molecular complexity index is 1250. The van der Waals surface area contributed by atoms with Crippen LogP contribution < -0.4 is 9.47 Å². The molecule has 0 aliphatic rings. The highest BCUT2D eigenvalue weighted by Gasteiger charge is 2.23. The Labute approximate surface area is 224 Å². The summed E-state index contributed by atoms with van der Waals surface area (Å²) in [6, 6.07) is 15.0. The zero-order valence-corrected chi connectivity index (χ0v) is 22.9. The van der Waals surface area contributed by atoms with Crippen molar-refractivity contribution in [2.24, 2.45) is 5.41 Å². The van der Waals surface area contributed by atoms with Gasteiger partial charge in [-0.25, -0.2) is 8.78 Å². The fourth-order valence-electron chi connectivity index (χ4n) is 5.02. The summed E-state index contributed by atoms with van der Waals surface area (Å²) in [7, 11) is 1.52. The van der Waals surface area contributed by atoms with Crippen LogP contribution in [0.2, 0.25) is 0 Å². The van der Waals surface area contributed by atoms with Gasteiger partial charge < -0.3 is 14.6 Å². The lowest BCUT2D eigenvalue weighted by atomic mass is 9.79. The van der Waals surface area contributed by atoms with Crippen LogP contribution in [0, 0.1) is 17.0 Å². The van der Waals surface area contributed by atoms with E-state index in [1.165, 1.54) is 19.2 Å². The highest BCUT2D eigenvalue weighted by Crippen LogP contribution is 2.37. The highest BCUT2D eigenvalue weighted by molar-refractivity contribution is 5.70. The highest BCUT2D eigenvalue weighted by atomic mass is 19.1. The molecule has 0 saturated carbocycles. The number of carboxylic acids is 1. The van der Waals surface area contributed by atoms with E-state index in [1.807, 2.05) is 25.1 Å². The molecule has 6 heteroatoms. The Morgan fingerprint density at radius 1 is 0.947 bits per heavy atom. The molecular weight excluding hydrogens is 486 g/mol. The molecule has 0 bridgehead atoms. The van der Waals surface area contributed by atoms with Gasteiger partial charge in [-0.1, -0.05) is 46.2 Å². The van der Waals surface area contributed by atoms with Gasteiger partial charge in [0.15, 0.2) is 0 Å². The Hall–Kier alpha value is -3.41. The average Bonchev–Trinajstić information content (AvgIpc) is 2.87. The monoisotopic (exact) mass is 524 g/mol. The summed E-state index contributed by atoms with van der Waals surface area (Å²) in [6.45, 7) is 8.39. The lowest BCUT2D eigenvalue weighted by Crippen LogP contribution is -2.16. The van der Waals surface area contributed by atoms with Gasteiger partial charge in [0.25, 0.3) is 0 Å². The van der Waals surface area contributed by atoms with Crippen molar-refractivity contribution >= 4 is 5.97 Å². The number of methoxy groups -OCH3 is 1. The van der Waals surface area contributed by atoms with Crippen LogP contribution in [0.1, 0.15) is 76.0 Å². The van der Waals surface area contributed by atoms with Crippen molar-refractivity contribution in [2.75, 3.05) is 7.11 Å². The van der Waals surface area contributed by atoms with Crippen molar-refractivity contribution in [2.45, 2.75) is 72.3 Å². The Morgan fingerprint density at radius 2 is 1.71 bits per heavy atom. The molecule has 1 unspecified atom stereocenters. The summed E-state index contributed by atoms with van der Waals surface area (Å²) in [5, 5.41) is 9.22. The van der Waals surface area contributed by atoms with Crippen molar-refractivity contribution in [3.8, 4) is 22.6 Å². The molecule has 0 amide bonds. The third kappa shape index (κ3) is 7.56. The molecule has 0 spiro atoms. The molecule has 3 aromatic rings. The first-order valence-electron chi connectivity index (χ1n) is 13.2. The van der Waals surface area contributed by atoms with Gasteiger partial charge in [-0.05, 0) is 89.8 Å². The van der Waals surface area contributed by atoms with Crippen LogP contribution in [0.5, 0.6) is 11.5 Å². The van der Waals surface area contributed by atoms with E-state index in [2.05, 4.69) is 20.8 Å². The van der Waals surface area contributed by atoms with Crippen molar-refractivity contribution < 1.29 is 28.2 Å². The summed E-state index contributed by atoms with van der Waals surface area (Å²) in [5.41, 5.74) is 2.84. The third-order valence-corrected chi connectivity index (χ3v) is 6.97. The number of hydrogen-bond donors (Lipinski definition) is 1. The van der Waals surface area contributed by atoms with Crippen molar-refractivity contribution in [3.05, 3.63) is 82.9 Å². The van der Waals surface area contributed by atoms with Gasteiger partial charge in [0, 0.05) is 11.1 Å². The van der Waals surface area contributed by atoms with Crippen LogP contribution in [-0.4, -0.2) is 18.2 Å². The maximum Gasteiger partial charge on any atom is 0.303 e. The summed E-state index contributed by atoms with van der Waals surface area (Å²) in [6.07, 6.45) is 3.34. The number of rotatable bonds is 13. The van der Waals surface area contributed by atoms with Crippen LogP contribution >= 0.6 is 0 Å². The molecule has 0 aromatic heterocycles. The Kier molecular flexibility index (Phi) is 9.90. The summed E-state index contributed by atoms with van der Waals surface area (Å²) >= 11 is 0. The Balaban J connectivity index is 1.96. The topological polar surface area (TPSA) is 55.8 Å². The van der Waals surface area contributed by atoms with E-state index in [4.69, 9.17) is 9.47 Å². The van der Waals surface area contributed by atoms with E-state index in [0.29, 0.717) is 41.0 Å². The standard InChI is InChI=1S/C32H38F2O4/c1-6-13-32(3,4)19-23-14-24(30(34)18-27(23)28-17-25(37-5)11-12-29(28)33)20-38-26-10-8-9-22(15-26)21(7-2)16-31(35)36/h8-12,14-15,17-18,21H,6-7,13,16,19-20H2,1-5H3,(H,35,36). The van der Waals surface area contributed by atoms with E-state index in [0.717, 1.165) is 24.0 Å². The smallest absolute Gasteiger partial charge is 0.303 e. The quantitative estimate of drug-likeness (QED) is 0.243. The van der Waals surface area contributed by atoms with Crippen LogP contribution in [0.4, 0.5) is 8.78 Å². The maximum absolute atomic E-state index is 15.4. The number of benzene rings is 3. The maximum atomic E-state index is 15.4. The van der Waals surface area contributed by atoms with Crippen molar-refractivity contribution in [1.29, 1.82) is 0 Å². The fourth-order valence-corrected chi connectivity index (χ4v) is 5.02. The fraction of sp³-hybridized carbons (Fsp3) is 0.406. The van der Waals surface area contributed by atoms with E-state index in [-0.39, 0.29) is 24.4 Å². The molecule has 0 heterocycles. The molecule has 0 aliphatic heterocycles. The molecule has 0 radical (unpaired) electrons. The van der Waals surface area contributed by atoms with Crippen LogP contribution in [-0.2, 0) is 17.8 Å². The zero-order chi connectivity index (χ0) is 27.9. The van der Waals surface area contributed by atoms with Gasteiger partial charge in [0.05, 0.1) is 13.5 Å². The minimum atomic E-state index is -0.851. The number of halogens is 2. The lowest BCUT2D eigenvalue weighted by molar-refractivity contribution is -0.137. The van der Waals surface area contributed by atoms with Gasteiger partial charge in [-0.15, -0.1) is 0 Å². The largest absolute Gasteiger partial charge is 0.497 e. The second-order valence-electron chi connectivity index (χ2n) is 10.6. The molecule has 3 rings (SSSR count). The van der Waals surface area contributed by atoms with Crippen LogP contribution in [0.3, 0.4) is 0 Å². The van der Waals surface area contributed by atoms with E-state index in [1.54, 1.807) is 24.3 Å². The second kappa shape index (κ2) is 12.9. The van der Waals surface area contributed by atoms with Crippen LogP contribution in [0.15, 0.2) is 54.6 Å². The summed E-state index contributed by atoms with van der Waals surface area (Å²) in [5.74, 6) is -0.851. The van der Waals surface area contributed by atoms with Gasteiger partial charge in [0.1, 0.15) is 29.7 Å². The molecule has 3 aromatic carbocycles. The number of carboxylic acid groups (broad SMARTS) is 1. The van der Waals surface area contributed by atoms with Crippen molar-refractivity contribution in [3.63, 3.8) is 0 Å². The first-order chi connectivity index (χ1) is 18.1. The van der Waals surface area contributed by atoms with Crippen molar-refractivity contribution in [1.82, 2.24) is 0 Å². The first kappa shape index (κ1) is 29.2. The number of aliphatic carboxylic acids is 1. The molecule has 38 heavy (non-hydrogen) atoms. The predicted molar refractivity (Wildman–Crippen MR) is 147 cm³/mol. The number of ether oxygens (including phenoxy) is 2. The predicted octanol–water partition coefficient (Wildman–Crippen LogP) is 8.56. The average molecular weight is 525 g/mol. The molecule has 1 N–H and O–H groups in total.